The van der Waals surface area contributed by atoms with E-state index in [4.69, 9.17) is 5.11 Å². The average molecular weight is 295 g/mol. The van der Waals surface area contributed by atoms with Crippen LogP contribution in [-0.2, 0) is 6.54 Å². The van der Waals surface area contributed by atoms with Crippen molar-refractivity contribution >= 4 is 11.7 Å². The molecule has 0 heterocycles. The largest absolute Gasteiger partial charge is 0.478 e. The minimum Gasteiger partial charge on any atom is -0.478 e. The number of anilines is 1. The van der Waals surface area contributed by atoms with Gasteiger partial charge in [-0.15, -0.1) is 0 Å². The van der Waals surface area contributed by atoms with Crippen LogP contribution in [-0.4, -0.2) is 11.1 Å². The third-order valence-corrected chi connectivity index (χ3v) is 2.90. The number of aromatic carboxylic acids is 1. The van der Waals surface area contributed by atoms with Gasteiger partial charge in [-0.25, -0.2) is 18.0 Å². The first kappa shape index (κ1) is 14.9. The third-order valence-electron chi connectivity index (χ3n) is 2.90. The molecular formula is C15H12F3NO2. The van der Waals surface area contributed by atoms with Crippen LogP contribution in [0.1, 0.15) is 27.9 Å². The Morgan fingerprint density at radius 1 is 1.19 bits per heavy atom. The second-order valence-electron chi connectivity index (χ2n) is 4.40. The molecule has 0 radical (unpaired) electrons. The Bertz CT molecular complexity index is 659. The lowest BCUT2D eigenvalue weighted by Gasteiger charge is -2.09. The lowest BCUT2D eigenvalue weighted by Crippen LogP contribution is -2.04. The van der Waals surface area contributed by atoms with E-state index in [1.54, 1.807) is 6.07 Å². The van der Waals surface area contributed by atoms with Crippen molar-refractivity contribution in [3.63, 3.8) is 0 Å². The molecule has 2 N–H and O–H groups in total. The highest BCUT2D eigenvalue weighted by Gasteiger charge is 2.11. The molecule has 0 spiro atoms. The van der Waals surface area contributed by atoms with Gasteiger partial charge in [0.25, 0.3) is 6.43 Å². The monoisotopic (exact) mass is 295 g/mol. The molecule has 0 saturated heterocycles. The summed E-state index contributed by atoms with van der Waals surface area (Å²) >= 11 is 0. The maximum absolute atomic E-state index is 13.2. The first-order valence-corrected chi connectivity index (χ1v) is 6.11. The summed E-state index contributed by atoms with van der Waals surface area (Å²) in [4.78, 5) is 10.8. The molecule has 0 bridgehead atoms. The second-order valence-corrected chi connectivity index (χ2v) is 4.40. The van der Waals surface area contributed by atoms with Crippen LogP contribution in [0, 0.1) is 5.82 Å². The molecular weight excluding hydrogens is 283 g/mol. The van der Waals surface area contributed by atoms with E-state index < -0.39 is 23.8 Å². The number of hydrogen-bond donors (Lipinski definition) is 2. The summed E-state index contributed by atoms with van der Waals surface area (Å²) in [5, 5.41) is 11.7. The van der Waals surface area contributed by atoms with Crippen molar-refractivity contribution in [3.05, 3.63) is 65.0 Å². The van der Waals surface area contributed by atoms with E-state index in [1.807, 2.05) is 0 Å². The third kappa shape index (κ3) is 3.75. The number of carboxylic acid groups (broad SMARTS) is 1. The normalized spacial score (nSPS) is 10.7. The van der Waals surface area contributed by atoms with Gasteiger partial charge in [0.1, 0.15) is 5.82 Å². The van der Waals surface area contributed by atoms with Gasteiger partial charge in [-0.2, -0.15) is 0 Å². The quantitative estimate of drug-likeness (QED) is 0.874. The highest BCUT2D eigenvalue weighted by molar-refractivity contribution is 5.89. The lowest BCUT2D eigenvalue weighted by molar-refractivity contribution is 0.0692. The van der Waals surface area contributed by atoms with Crippen molar-refractivity contribution in [3.8, 4) is 0 Å². The van der Waals surface area contributed by atoms with Gasteiger partial charge < -0.3 is 10.4 Å². The summed E-state index contributed by atoms with van der Waals surface area (Å²) in [6.07, 6.45) is -2.55. The molecule has 110 valence electrons. The Morgan fingerprint density at radius 2 is 1.95 bits per heavy atom. The van der Waals surface area contributed by atoms with E-state index in [1.165, 1.54) is 24.3 Å². The molecule has 0 aliphatic rings. The van der Waals surface area contributed by atoms with Crippen molar-refractivity contribution in [1.29, 1.82) is 0 Å². The van der Waals surface area contributed by atoms with Crippen LogP contribution in [0.25, 0.3) is 0 Å². The maximum Gasteiger partial charge on any atom is 0.338 e. The first-order chi connectivity index (χ1) is 9.97. The fourth-order valence-electron chi connectivity index (χ4n) is 1.84. The van der Waals surface area contributed by atoms with Gasteiger partial charge >= 0.3 is 5.97 Å². The number of benzene rings is 2. The maximum atomic E-state index is 13.2. The van der Waals surface area contributed by atoms with Gasteiger partial charge in [0.15, 0.2) is 0 Å². The van der Waals surface area contributed by atoms with Crippen LogP contribution in [0.4, 0.5) is 18.9 Å². The summed E-state index contributed by atoms with van der Waals surface area (Å²) in [7, 11) is 0. The molecule has 0 aliphatic carbocycles. The molecule has 2 rings (SSSR count). The second kappa shape index (κ2) is 6.30. The Morgan fingerprint density at radius 3 is 2.62 bits per heavy atom. The number of carboxylic acids is 1. The molecule has 2 aromatic rings. The van der Waals surface area contributed by atoms with E-state index in [-0.39, 0.29) is 12.1 Å². The molecule has 3 nitrogen and oxygen atoms in total. The van der Waals surface area contributed by atoms with Crippen molar-refractivity contribution in [2.24, 2.45) is 0 Å². The van der Waals surface area contributed by atoms with Crippen molar-refractivity contribution < 1.29 is 23.1 Å². The Hall–Kier alpha value is -2.50. The van der Waals surface area contributed by atoms with Gasteiger partial charge in [-0.1, -0.05) is 18.2 Å². The molecule has 0 fully saturated rings. The number of alkyl halides is 2. The van der Waals surface area contributed by atoms with Crippen LogP contribution in [0.5, 0.6) is 0 Å². The van der Waals surface area contributed by atoms with Crippen LogP contribution >= 0.6 is 0 Å². The molecule has 0 amide bonds. The molecule has 0 aliphatic heterocycles. The van der Waals surface area contributed by atoms with Crippen LogP contribution in [0.2, 0.25) is 0 Å². The van der Waals surface area contributed by atoms with Crippen LogP contribution < -0.4 is 5.32 Å². The van der Waals surface area contributed by atoms with Gasteiger partial charge in [0, 0.05) is 17.8 Å². The molecule has 0 saturated carbocycles. The number of rotatable bonds is 5. The Labute approximate surface area is 119 Å². The molecule has 0 aromatic heterocycles. The van der Waals surface area contributed by atoms with E-state index in [9.17, 15) is 18.0 Å². The number of hydrogen-bond acceptors (Lipinski definition) is 2. The average Bonchev–Trinajstić information content (AvgIpc) is 2.46. The van der Waals surface area contributed by atoms with Gasteiger partial charge in [0.05, 0.1) is 5.56 Å². The van der Waals surface area contributed by atoms with E-state index in [0.717, 1.165) is 12.1 Å². The predicted molar refractivity (Wildman–Crippen MR) is 72.1 cm³/mol. The molecule has 2 aromatic carbocycles. The van der Waals surface area contributed by atoms with Gasteiger partial charge in [0.2, 0.25) is 0 Å². The number of nitrogens with one attached hydrogen (secondary N) is 1. The summed E-state index contributed by atoms with van der Waals surface area (Å²) in [5.74, 6) is -2.19. The first-order valence-electron chi connectivity index (χ1n) is 6.11. The number of halogens is 3. The SMILES string of the molecule is O=C(O)c1cc(NCc2cccc(C(F)F)c2)ccc1F. The topological polar surface area (TPSA) is 49.3 Å². The number of carbonyl (C=O) groups is 1. The zero-order chi connectivity index (χ0) is 15.4. The van der Waals surface area contributed by atoms with Crippen molar-refractivity contribution in [2.45, 2.75) is 13.0 Å². The van der Waals surface area contributed by atoms with Crippen LogP contribution in [0.3, 0.4) is 0 Å². The summed E-state index contributed by atoms with van der Waals surface area (Å²) in [5.41, 5.74) is 0.492. The summed E-state index contributed by atoms with van der Waals surface area (Å²) < 4.78 is 38.4. The molecule has 6 heteroatoms. The minimum absolute atomic E-state index is 0.0837. The van der Waals surface area contributed by atoms with E-state index in [2.05, 4.69) is 5.32 Å². The molecule has 0 unspecified atom stereocenters. The summed E-state index contributed by atoms with van der Waals surface area (Å²) in [6, 6.07) is 9.47. The van der Waals surface area contributed by atoms with E-state index >= 15 is 0 Å². The zero-order valence-electron chi connectivity index (χ0n) is 10.8. The minimum atomic E-state index is -2.55. The lowest BCUT2D eigenvalue weighted by atomic mass is 10.1. The van der Waals surface area contributed by atoms with Crippen molar-refractivity contribution in [1.82, 2.24) is 0 Å². The standard InChI is InChI=1S/C15H12F3NO2/c16-13-5-4-11(7-12(13)15(20)21)19-8-9-2-1-3-10(6-9)14(17)18/h1-7,14,19H,8H2,(H,20,21). The molecule has 0 atom stereocenters. The van der Waals surface area contributed by atoms with E-state index in [0.29, 0.717) is 11.3 Å². The Balaban J connectivity index is 2.11. The van der Waals surface area contributed by atoms with Crippen LogP contribution in [0.15, 0.2) is 42.5 Å². The highest BCUT2D eigenvalue weighted by atomic mass is 19.3. The smallest absolute Gasteiger partial charge is 0.338 e. The highest BCUT2D eigenvalue weighted by Crippen LogP contribution is 2.20. The predicted octanol–water partition coefficient (Wildman–Crippen LogP) is 4.07. The molecule has 21 heavy (non-hydrogen) atoms. The Kier molecular flexibility index (Phi) is 4.47. The fourth-order valence-corrected chi connectivity index (χ4v) is 1.84. The van der Waals surface area contributed by atoms with Gasteiger partial charge in [-0.05, 0) is 29.8 Å². The zero-order valence-corrected chi connectivity index (χ0v) is 10.8. The summed E-state index contributed by atoms with van der Waals surface area (Å²) in [6.45, 7) is 0.227. The van der Waals surface area contributed by atoms with Crippen molar-refractivity contribution in [2.75, 3.05) is 5.32 Å². The van der Waals surface area contributed by atoms with Gasteiger partial charge in [-0.3, -0.25) is 0 Å². The fraction of sp³-hybridized carbons (Fsp3) is 0.133.